The van der Waals surface area contributed by atoms with E-state index in [1.807, 2.05) is 24.3 Å². The lowest BCUT2D eigenvalue weighted by atomic mass is 9.95. The molecule has 0 aliphatic heterocycles. The topological polar surface area (TPSA) is 64.9 Å². The maximum absolute atomic E-state index is 6.19. The number of hydrogen-bond acceptors (Lipinski definition) is 5. The first-order valence-electron chi connectivity index (χ1n) is 7.22. The summed E-state index contributed by atoms with van der Waals surface area (Å²) in [4.78, 5) is 1.37. The lowest BCUT2D eigenvalue weighted by molar-refractivity contribution is 0.583. The fraction of sp³-hybridized carbons (Fsp3) is 0.250. The molecule has 0 saturated carbocycles. The molecule has 0 atom stereocenters. The number of fused-ring (bicyclic) bond motifs is 1. The first-order chi connectivity index (χ1) is 10.7. The maximum Gasteiger partial charge on any atom is 0.251 e. The molecule has 4 rings (SSSR count). The van der Waals surface area contributed by atoms with E-state index in [9.17, 15) is 0 Å². The van der Waals surface area contributed by atoms with E-state index in [0.717, 1.165) is 29.0 Å². The molecule has 22 heavy (non-hydrogen) atoms. The molecule has 0 fully saturated rings. The summed E-state index contributed by atoms with van der Waals surface area (Å²) in [5, 5.41) is 9.81. The van der Waals surface area contributed by atoms with Gasteiger partial charge in [-0.2, -0.15) is 0 Å². The number of rotatable bonds is 2. The van der Waals surface area contributed by atoms with Gasteiger partial charge in [0.2, 0.25) is 5.89 Å². The summed E-state index contributed by atoms with van der Waals surface area (Å²) in [5.41, 5.74) is 9.28. The van der Waals surface area contributed by atoms with Crippen LogP contribution in [0.4, 0.5) is 5.00 Å². The van der Waals surface area contributed by atoms with Crippen molar-refractivity contribution in [2.45, 2.75) is 25.7 Å². The second-order valence-electron chi connectivity index (χ2n) is 5.37. The molecule has 1 aliphatic carbocycles. The van der Waals surface area contributed by atoms with Crippen LogP contribution < -0.4 is 5.73 Å². The van der Waals surface area contributed by atoms with Crippen LogP contribution >= 0.6 is 22.9 Å². The van der Waals surface area contributed by atoms with Crippen molar-refractivity contribution in [2.24, 2.45) is 0 Å². The third-order valence-corrected chi connectivity index (χ3v) is 5.30. The van der Waals surface area contributed by atoms with E-state index in [4.69, 9.17) is 21.8 Å². The quantitative estimate of drug-likeness (QED) is 0.746. The molecule has 0 amide bonds. The van der Waals surface area contributed by atoms with Crippen LogP contribution in [0, 0.1) is 0 Å². The Morgan fingerprint density at radius 1 is 1.05 bits per heavy atom. The van der Waals surface area contributed by atoms with Crippen LogP contribution in [0.15, 0.2) is 28.7 Å². The molecule has 3 aromatic rings. The Hall–Kier alpha value is -1.85. The first kappa shape index (κ1) is 13.8. The van der Waals surface area contributed by atoms with Gasteiger partial charge in [-0.25, -0.2) is 0 Å². The fourth-order valence-electron chi connectivity index (χ4n) is 2.86. The van der Waals surface area contributed by atoms with Crippen LogP contribution in [0.3, 0.4) is 0 Å². The molecule has 0 bridgehead atoms. The third kappa shape index (κ3) is 2.30. The van der Waals surface area contributed by atoms with E-state index >= 15 is 0 Å². The fourth-order valence-corrected chi connectivity index (χ4v) is 4.13. The van der Waals surface area contributed by atoms with Crippen molar-refractivity contribution in [3.63, 3.8) is 0 Å². The molecular weight excluding hydrogens is 318 g/mol. The second kappa shape index (κ2) is 5.41. The minimum absolute atomic E-state index is 0.488. The maximum atomic E-state index is 6.19. The molecular formula is C16H14ClN3OS. The number of nitrogens with two attached hydrogens (primary N) is 1. The zero-order valence-corrected chi connectivity index (χ0v) is 13.4. The van der Waals surface area contributed by atoms with Crippen molar-refractivity contribution in [1.82, 2.24) is 10.2 Å². The van der Waals surface area contributed by atoms with Crippen molar-refractivity contribution in [3.05, 3.63) is 39.7 Å². The number of halogens is 1. The monoisotopic (exact) mass is 331 g/mol. The van der Waals surface area contributed by atoms with Crippen molar-refractivity contribution < 1.29 is 4.42 Å². The number of anilines is 1. The van der Waals surface area contributed by atoms with Gasteiger partial charge in [-0.3, -0.25) is 0 Å². The SMILES string of the molecule is Nc1sc2c(c1-c1nnc(-c3ccc(Cl)cc3)o1)CCCC2. The van der Waals surface area contributed by atoms with Gasteiger partial charge in [-0.15, -0.1) is 21.5 Å². The predicted octanol–water partition coefficient (Wildman–Crippen LogP) is 4.58. The minimum Gasteiger partial charge on any atom is -0.416 e. The first-order valence-corrected chi connectivity index (χ1v) is 8.41. The van der Waals surface area contributed by atoms with Gasteiger partial charge in [0.05, 0.1) is 10.6 Å². The lowest BCUT2D eigenvalue weighted by Crippen LogP contribution is -1.99. The van der Waals surface area contributed by atoms with Crippen LogP contribution in [-0.4, -0.2) is 10.2 Å². The molecule has 2 aromatic heterocycles. The number of nitrogen functional groups attached to an aromatic ring is 1. The Morgan fingerprint density at radius 3 is 2.59 bits per heavy atom. The number of benzene rings is 1. The van der Waals surface area contributed by atoms with Crippen LogP contribution in [-0.2, 0) is 12.8 Å². The summed E-state index contributed by atoms with van der Waals surface area (Å²) in [6.45, 7) is 0. The molecule has 6 heteroatoms. The van der Waals surface area contributed by atoms with Crippen LogP contribution in [0.2, 0.25) is 5.02 Å². The molecule has 4 nitrogen and oxygen atoms in total. The summed E-state index contributed by atoms with van der Waals surface area (Å²) in [7, 11) is 0. The Bertz CT molecular complexity index is 823. The summed E-state index contributed by atoms with van der Waals surface area (Å²) in [5.74, 6) is 1.00. The van der Waals surface area contributed by atoms with Gasteiger partial charge in [0.25, 0.3) is 5.89 Å². The van der Waals surface area contributed by atoms with E-state index in [0.29, 0.717) is 16.8 Å². The molecule has 0 radical (unpaired) electrons. The normalized spacial score (nSPS) is 14.0. The van der Waals surface area contributed by atoms with Gasteiger partial charge in [-0.05, 0) is 55.5 Å². The molecule has 112 valence electrons. The average molecular weight is 332 g/mol. The third-order valence-electron chi connectivity index (χ3n) is 3.93. The molecule has 2 N–H and O–H groups in total. The van der Waals surface area contributed by atoms with Crippen molar-refractivity contribution in [3.8, 4) is 22.9 Å². The van der Waals surface area contributed by atoms with Crippen LogP contribution in [0.1, 0.15) is 23.3 Å². The average Bonchev–Trinajstić information content (AvgIpc) is 3.11. The van der Waals surface area contributed by atoms with E-state index in [2.05, 4.69) is 10.2 Å². The highest BCUT2D eigenvalue weighted by Gasteiger charge is 2.24. The Balaban J connectivity index is 1.76. The molecule has 0 saturated heterocycles. The largest absolute Gasteiger partial charge is 0.416 e. The summed E-state index contributed by atoms with van der Waals surface area (Å²) in [6, 6.07) is 7.35. The molecule has 0 spiro atoms. The number of aryl methyl sites for hydroxylation is 1. The highest BCUT2D eigenvalue weighted by molar-refractivity contribution is 7.16. The van der Waals surface area contributed by atoms with Gasteiger partial charge < -0.3 is 10.2 Å². The molecule has 2 heterocycles. The number of nitrogens with zero attached hydrogens (tertiary/aromatic N) is 2. The predicted molar refractivity (Wildman–Crippen MR) is 89.1 cm³/mol. The lowest BCUT2D eigenvalue weighted by Gasteiger charge is -2.10. The van der Waals surface area contributed by atoms with Crippen molar-refractivity contribution >= 4 is 27.9 Å². The van der Waals surface area contributed by atoms with Gasteiger partial charge in [0.1, 0.15) is 0 Å². The number of hydrogen-bond donors (Lipinski definition) is 1. The van der Waals surface area contributed by atoms with Crippen molar-refractivity contribution in [1.29, 1.82) is 0 Å². The van der Waals surface area contributed by atoms with Gasteiger partial charge in [0, 0.05) is 15.5 Å². The van der Waals surface area contributed by atoms with Crippen LogP contribution in [0.25, 0.3) is 22.9 Å². The van der Waals surface area contributed by atoms with E-state index < -0.39 is 0 Å². The summed E-state index contributed by atoms with van der Waals surface area (Å²) >= 11 is 7.56. The minimum atomic E-state index is 0.488. The Labute approximate surface area is 136 Å². The molecule has 1 aliphatic rings. The zero-order chi connectivity index (χ0) is 15.1. The highest BCUT2D eigenvalue weighted by Crippen LogP contribution is 2.42. The van der Waals surface area contributed by atoms with Gasteiger partial charge >= 0.3 is 0 Å². The molecule has 1 aromatic carbocycles. The van der Waals surface area contributed by atoms with E-state index in [1.54, 1.807) is 11.3 Å². The Morgan fingerprint density at radius 2 is 1.77 bits per heavy atom. The standard InChI is InChI=1S/C16H14ClN3OS/c17-10-7-5-9(6-8-10)15-19-20-16(21-15)13-11-3-1-2-4-12(11)22-14(13)18/h5-8H,1-4,18H2. The smallest absolute Gasteiger partial charge is 0.251 e. The van der Waals surface area contributed by atoms with E-state index in [1.165, 1.54) is 23.3 Å². The van der Waals surface area contributed by atoms with Crippen LogP contribution in [0.5, 0.6) is 0 Å². The highest BCUT2D eigenvalue weighted by atomic mass is 35.5. The van der Waals surface area contributed by atoms with E-state index in [-0.39, 0.29) is 0 Å². The number of thiophene rings is 1. The van der Waals surface area contributed by atoms with Gasteiger partial charge in [0.15, 0.2) is 0 Å². The number of aromatic nitrogens is 2. The molecule has 0 unspecified atom stereocenters. The van der Waals surface area contributed by atoms with Crippen molar-refractivity contribution in [2.75, 3.05) is 5.73 Å². The second-order valence-corrected chi connectivity index (χ2v) is 6.94. The summed E-state index contributed by atoms with van der Waals surface area (Å²) in [6.07, 6.45) is 4.56. The van der Waals surface area contributed by atoms with Gasteiger partial charge in [-0.1, -0.05) is 11.6 Å². The zero-order valence-electron chi connectivity index (χ0n) is 11.8. The summed E-state index contributed by atoms with van der Waals surface area (Å²) < 4.78 is 5.86. The Kier molecular flexibility index (Phi) is 3.39.